The normalized spacial score (nSPS) is 26.8. The number of rotatable bonds is 1. The Bertz CT molecular complexity index is 332. The molecule has 1 N–H and O–H groups in total. The number of aliphatic carboxylic acids is 1. The molecule has 0 aliphatic carbocycles. The molecule has 1 aliphatic rings. The summed E-state index contributed by atoms with van der Waals surface area (Å²) in [5, 5.41) is 8.97. The van der Waals surface area contributed by atoms with Gasteiger partial charge in [0.1, 0.15) is 11.7 Å². The Morgan fingerprint density at radius 1 is 1.77 bits per heavy atom. The second-order valence-electron chi connectivity index (χ2n) is 3.67. The topological polar surface area (TPSA) is 55.1 Å². The highest BCUT2D eigenvalue weighted by atomic mass is 16.4. The number of carbonyl (C=O) groups is 1. The van der Waals surface area contributed by atoms with Gasteiger partial charge in [0, 0.05) is 18.9 Å². The first kappa shape index (κ1) is 8.29. The van der Waals surface area contributed by atoms with Crippen LogP contribution in [0.25, 0.3) is 0 Å². The molecule has 0 bridgehead atoms. The molecule has 1 aromatic heterocycles. The van der Waals surface area contributed by atoms with E-state index >= 15 is 0 Å². The van der Waals surface area contributed by atoms with Gasteiger partial charge in [-0.25, -0.2) is 4.98 Å². The lowest BCUT2D eigenvalue weighted by Gasteiger charge is -2.25. The van der Waals surface area contributed by atoms with Crippen LogP contribution >= 0.6 is 0 Å². The molecule has 0 unspecified atom stereocenters. The van der Waals surface area contributed by atoms with E-state index in [1.165, 1.54) is 0 Å². The van der Waals surface area contributed by atoms with Gasteiger partial charge in [0.05, 0.1) is 0 Å². The first-order valence-electron chi connectivity index (χ1n) is 4.42. The van der Waals surface area contributed by atoms with E-state index < -0.39 is 11.9 Å². The van der Waals surface area contributed by atoms with Gasteiger partial charge in [-0.2, -0.15) is 0 Å². The van der Waals surface area contributed by atoms with Crippen LogP contribution < -0.4 is 0 Å². The summed E-state index contributed by atoms with van der Waals surface area (Å²) in [4.78, 5) is 15.0. The average molecular weight is 180 g/mol. The van der Waals surface area contributed by atoms with Gasteiger partial charge in [0.2, 0.25) is 0 Å². The second kappa shape index (κ2) is 2.87. The number of hydrogen-bond donors (Lipinski definition) is 1. The largest absolute Gasteiger partial charge is 0.481 e. The SMILES string of the molecule is C[C@@H]1C[C@@H](C(=O)O)c2nccn2C1. The molecule has 13 heavy (non-hydrogen) atoms. The van der Waals surface area contributed by atoms with Gasteiger partial charge < -0.3 is 9.67 Å². The number of carboxylic acid groups (broad SMARTS) is 1. The van der Waals surface area contributed by atoms with Crippen LogP contribution in [-0.2, 0) is 11.3 Å². The van der Waals surface area contributed by atoms with Crippen LogP contribution in [0, 0.1) is 5.92 Å². The summed E-state index contributed by atoms with van der Waals surface area (Å²) in [5.41, 5.74) is 0. The monoisotopic (exact) mass is 180 g/mol. The van der Waals surface area contributed by atoms with E-state index in [0.29, 0.717) is 18.2 Å². The van der Waals surface area contributed by atoms with Gasteiger partial charge in [-0.15, -0.1) is 0 Å². The van der Waals surface area contributed by atoms with Crippen LogP contribution in [-0.4, -0.2) is 20.6 Å². The zero-order chi connectivity index (χ0) is 9.42. The summed E-state index contributed by atoms with van der Waals surface area (Å²) in [5.74, 6) is -0.0637. The van der Waals surface area contributed by atoms with E-state index in [0.717, 1.165) is 6.54 Å². The molecule has 0 fully saturated rings. The standard InChI is InChI=1S/C9H12N2O2/c1-6-4-7(9(12)13)8-10-2-3-11(8)5-6/h2-3,6-7H,4-5H2,1H3,(H,12,13)/t6-,7-/m1/s1. The van der Waals surface area contributed by atoms with Gasteiger partial charge in [-0.05, 0) is 12.3 Å². The number of aromatic nitrogens is 2. The lowest BCUT2D eigenvalue weighted by molar-refractivity contribution is -0.139. The van der Waals surface area contributed by atoms with Crippen molar-refractivity contribution in [2.24, 2.45) is 5.92 Å². The number of hydrogen-bond acceptors (Lipinski definition) is 2. The first-order chi connectivity index (χ1) is 6.18. The third-order valence-electron chi connectivity index (χ3n) is 2.50. The molecule has 0 saturated heterocycles. The molecule has 0 saturated carbocycles. The van der Waals surface area contributed by atoms with Crippen molar-refractivity contribution in [2.45, 2.75) is 25.8 Å². The van der Waals surface area contributed by atoms with Gasteiger partial charge in [0.15, 0.2) is 0 Å². The molecule has 70 valence electrons. The smallest absolute Gasteiger partial charge is 0.314 e. The minimum atomic E-state index is -0.765. The molecule has 2 atom stereocenters. The Morgan fingerprint density at radius 2 is 2.54 bits per heavy atom. The maximum absolute atomic E-state index is 10.9. The molecule has 2 rings (SSSR count). The van der Waals surface area contributed by atoms with E-state index in [1.807, 2.05) is 10.8 Å². The second-order valence-corrected chi connectivity index (χ2v) is 3.67. The average Bonchev–Trinajstić information content (AvgIpc) is 2.49. The maximum Gasteiger partial charge on any atom is 0.314 e. The molecule has 0 aromatic carbocycles. The fourth-order valence-corrected chi connectivity index (χ4v) is 1.91. The van der Waals surface area contributed by atoms with Crippen LogP contribution in [0.4, 0.5) is 0 Å². The van der Waals surface area contributed by atoms with Crippen molar-refractivity contribution in [1.29, 1.82) is 0 Å². The van der Waals surface area contributed by atoms with Crippen LogP contribution in [0.3, 0.4) is 0 Å². The molecular formula is C9H12N2O2. The van der Waals surface area contributed by atoms with Gasteiger partial charge in [-0.3, -0.25) is 4.79 Å². The number of nitrogens with zero attached hydrogens (tertiary/aromatic N) is 2. The van der Waals surface area contributed by atoms with E-state index in [4.69, 9.17) is 5.11 Å². The quantitative estimate of drug-likeness (QED) is 0.703. The van der Waals surface area contributed by atoms with Crippen molar-refractivity contribution in [2.75, 3.05) is 0 Å². The molecule has 4 nitrogen and oxygen atoms in total. The molecule has 0 amide bonds. The summed E-state index contributed by atoms with van der Waals surface area (Å²) in [6.45, 7) is 2.96. The Hall–Kier alpha value is -1.32. The minimum absolute atomic E-state index is 0.418. The van der Waals surface area contributed by atoms with E-state index in [-0.39, 0.29) is 0 Å². The highest BCUT2D eigenvalue weighted by Gasteiger charge is 2.30. The Morgan fingerprint density at radius 3 is 3.23 bits per heavy atom. The Balaban J connectivity index is 2.38. The fraction of sp³-hybridized carbons (Fsp3) is 0.556. The van der Waals surface area contributed by atoms with Crippen molar-refractivity contribution in [3.8, 4) is 0 Å². The highest BCUT2D eigenvalue weighted by molar-refractivity contribution is 5.75. The van der Waals surface area contributed by atoms with Crippen LogP contribution in [0.15, 0.2) is 12.4 Å². The van der Waals surface area contributed by atoms with Crippen LogP contribution in [0.5, 0.6) is 0 Å². The van der Waals surface area contributed by atoms with Gasteiger partial charge >= 0.3 is 5.97 Å². The zero-order valence-electron chi connectivity index (χ0n) is 7.47. The van der Waals surface area contributed by atoms with Crippen LogP contribution in [0.2, 0.25) is 0 Å². The predicted molar refractivity (Wildman–Crippen MR) is 46.4 cm³/mol. The van der Waals surface area contributed by atoms with Crippen molar-refractivity contribution in [3.05, 3.63) is 18.2 Å². The fourth-order valence-electron chi connectivity index (χ4n) is 1.91. The molecule has 2 heterocycles. The van der Waals surface area contributed by atoms with Crippen molar-refractivity contribution in [3.63, 3.8) is 0 Å². The predicted octanol–water partition coefficient (Wildman–Crippen LogP) is 1.09. The van der Waals surface area contributed by atoms with E-state index in [9.17, 15) is 4.79 Å². The molecular weight excluding hydrogens is 168 g/mol. The minimum Gasteiger partial charge on any atom is -0.481 e. The van der Waals surface area contributed by atoms with Crippen molar-refractivity contribution < 1.29 is 9.90 Å². The summed E-state index contributed by atoms with van der Waals surface area (Å²) in [6, 6.07) is 0. The Kier molecular flexibility index (Phi) is 1.83. The number of fused-ring (bicyclic) bond motifs is 1. The lowest BCUT2D eigenvalue weighted by atomic mass is 9.91. The van der Waals surface area contributed by atoms with Crippen molar-refractivity contribution in [1.82, 2.24) is 9.55 Å². The third kappa shape index (κ3) is 1.32. The first-order valence-corrected chi connectivity index (χ1v) is 4.42. The molecule has 1 aromatic rings. The molecule has 1 aliphatic heterocycles. The molecule has 0 spiro atoms. The Labute approximate surface area is 76.2 Å². The van der Waals surface area contributed by atoms with Crippen LogP contribution in [0.1, 0.15) is 25.1 Å². The number of imidazole rings is 1. The molecule has 0 radical (unpaired) electrons. The summed E-state index contributed by atoms with van der Waals surface area (Å²) in [6.07, 6.45) is 4.22. The van der Waals surface area contributed by atoms with Gasteiger partial charge in [0.25, 0.3) is 0 Å². The third-order valence-corrected chi connectivity index (χ3v) is 2.50. The van der Waals surface area contributed by atoms with Gasteiger partial charge in [-0.1, -0.05) is 6.92 Å². The molecule has 4 heteroatoms. The zero-order valence-corrected chi connectivity index (χ0v) is 7.47. The number of carboxylic acids is 1. The lowest BCUT2D eigenvalue weighted by Crippen LogP contribution is -2.26. The highest BCUT2D eigenvalue weighted by Crippen LogP contribution is 2.29. The summed E-state index contributed by atoms with van der Waals surface area (Å²) < 4.78 is 1.94. The summed E-state index contributed by atoms with van der Waals surface area (Å²) >= 11 is 0. The van der Waals surface area contributed by atoms with Crippen molar-refractivity contribution >= 4 is 5.97 Å². The maximum atomic E-state index is 10.9. The summed E-state index contributed by atoms with van der Waals surface area (Å²) in [7, 11) is 0. The van der Waals surface area contributed by atoms with E-state index in [1.54, 1.807) is 6.20 Å². The van der Waals surface area contributed by atoms with E-state index in [2.05, 4.69) is 11.9 Å².